The first-order chi connectivity index (χ1) is 16.7. The average molecular weight is 507 g/mol. The number of alkyl halides is 3. The second-order valence-electron chi connectivity index (χ2n) is 8.96. The number of likely N-dealkylation sites (tertiary alicyclic amines) is 2. The Morgan fingerprint density at radius 1 is 1.03 bits per heavy atom. The van der Waals surface area contributed by atoms with Crippen molar-refractivity contribution in [1.82, 2.24) is 19.9 Å². The summed E-state index contributed by atoms with van der Waals surface area (Å²) in [4.78, 5) is 20.8. The molecule has 11 heteroatoms. The van der Waals surface area contributed by atoms with Gasteiger partial charge in [0.2, 0.25) is 11.7 Å². The summed E-state index contributed by atoms with van der Waals surface area (Å²) in [5.41, 5.74) is 0.656. The second kappa shape index (κ2) is 9.16. The minimum Gasteiger partial charge on any atom is -0.389 e. The van der Waals surface area contributed by atoms with Gasteiger partial charge in [0.25, 0.3) is 0 Å². The molecule has 2 saturated heterocycles. The van der Waals surface area contributed by atoms with Gasteiger partial charge in [-0.05, 0) is 36.2 Å². The smallest absolute Gasteiger partial charge is 0.389 e. The molecule has 2 aliphatic heterocycles. The Labute approximate surface area is 204 Å². The molecule has 5 rings (SSSR count). The van der Waals surface area contributed by atoms with Gasteiger partial charge in [-0.3, -0.25) is 0 Å². The molecule has 0 saturated carbocycles. The Balaban J connectivity index is 1.41. The van der Waals surface area contributed by atoms with Crippen molar-refractivity contribution in [1.29, 1.82) is 0 Å². The number of aliphatic hydroxyl groups excluding tert-OH is 1. The van der Waals surface area contributed by atoms with Crippen LogP contribution in [0, 0.1) is 0 Å². The highest BCUT2D eigenvalue weighted by atomic mass is 35.5. The Bertz CT molecular complexity index is 1210. The van der Waals surface area contributed by atoms with Crippen LogP contribution in [0.2, 0.25) is 5.02 Å². The fraction of sp³-hybridized carbons (Fsp3) is 0.375. The minimum atomic E-state index is -4.42. The number of nitrogens with zero attached hydrogens (tertiary/aromatic N) is 4. The Morgan fingerprint density at radius 3 is 2.37 bits per heavy atom. The van der Waals surface area contributed by atoms with Crippen LogP contribution in [-0.4, -0.2) is 63.4 Å². The van der Waals surface area contributed by atoms with Crippen molar-refractivity contribution in [3.63, 3.8) is 0 Å². The fourth-order valence-corrected chi connectivity index (χ4v) is 4.77. The first-order valence-electron chi connectivity index (χ1n) is 11.2. The Kier molecular flexibility index (Phi) is 6.18. The molecule has 3 heterocycles. The fourth-order valence-electron chi connectivity index (χ4n) is 4.58. The van der Waals surface area contributed by atoms with E-state index in [4.69, 9.17) is 16.1 Å². The van der Waals surface area contributed by atoms with Crippen LogP contribution in [0.4, 0.5) is 18.0 Å². The number of benzene rings is 2. The van der Waals surface area contributed by atoms with Crippen molar-refractivity contribution in [2.75, 3.05) is 26.2 Å². The monoisotopic (exact) mass is 506 g/mol. The van der Waals surface area contributed by atoms with Crippen molar-refractivity contribution in [2.24, 2.45) is 0 Å². The summed E-state index contributed by atoms with van der Waals surface area (Å²) in [5.74, 6) is 0.167. The molecule has 0 spiro atoms. The lowest BCUT2D eigenvalue weighted by Gasteiger charge is -2.43. The zero-order valence-corrected chi connectivity index (χ0v) is 19.2. The van der Waals surface area contributed by atoms with E-state index < -0.39 is 17.8 Å². The number of aromatic nitrogens is 2. The molecular formula is C24H22ClF3N4O3. The number of amides is 2. The number of halogens is 4. The van der Waals surface area contributed by atoms with Crippen LogP contribution in [0.1, 0.15) is 35.3 Å². The van der Waals surface area contributed by atoms with E-state index in [0.717, 1.165) is 12.1 Å². The summed E-state index contributed by atoms with van der Waals surface area (Å²) in [6.45, 7) is 1.16. The van der Waals surface area contributed by atoms with E-state index in [1.807, 2.05) is 0 Å². The number of aliphatic hydroxyl groups is 1. The van der Waals surface area contributed by atoms with E-state index in [-0.39, 0.29) is 31.0 Å². The standard InChI is InChI=1S/C24H22ClF3N4O3/c25-19-3-1-2-15(9-19)21-29-22(35-30-21)17-8-16(14-4-6-18(7-5-14)24(26,27)28)10-31(11-17)23(34)32-12-20(33)13-32/h1-7,9,16-17,20,33H,8,10-13H2. The number of piperidine rings is 1. The van der Waals surface area contributed by atoms with Gasteiger partial charge in [-0.1, -0.05) is 41.0 Å². The minimum absolute atomic E-state index is 0.229. The zero-order chi connectivity index (χ0) is 24.7. The lowest BCUT2D eigenvalue weighted by Crippen LogP contribution is -2.59. The third-order valence-corrected chi connectivity index (χ3v) is 6.67. The highest BCUT2D eigenvalue weighted by Crippen LogP contribution is 2.38. The highest BCUT2D eigenvalue weighted by Gasteiger charge is 2.39. The molecule has 2 aliphatic rings. The maximum Gasteiger partial charge on any atom is 0.416 e. The number of carbonyl (C=O) groups excluding carboxylic acids is 1. The van der Waals surface area contributed by atoms with Crippen molar-refractivity contribution >= 4 is 17.6 Å². The third-order valence-electron chi connectivity index (χ3n) is 6.44. The number of hydrogen-bond donors (Lipinski definition) is 1. The van der Waals surface area contributed by atoms with Crippen LogP contribution in [0.25, 0.3) is 11.4 Å². The SMILES string of the molecule is O=C(N1CC(O)C1)N1CC(c2ccc(C(F)(F)F)cc2)CC(c2nc(-c3cccc(Cl)c3)no2)C1. The first-order valence-corrected chi connectivity index (χ1v) is 11.5. The van der Waals surface area contributed by atoms with Gasteiger partial charge >= 0.3 is 12.2 Å². The molecule has 2 aromatic carbocycles. The Morgan fingerprint density at radius 2 is 1.71 bits per heavy atom. The largest absolute Gasteiger partial charge is 0.416 e. The van der Waals surface area contributed by atoms with Gasteiger partial charge in [0, 0.05) is 29.6 Å². The van der Waals surface area contributed by atoms with E-state index in [0.29, 0.717) is 47.4 Å². The summed E-state index contributed by atoms with van der Waals surface area (Å²) in [5, 5.41) is 14.2. The van der Waals surface area contributed by atoms with Crippen LogP contribution in [-0.2, 0) is 6.18 Å². The molecule has 0 bridgehead atoms. The predicted octanol–water partition coefficient (Wildman–Crippen LogP) is 4.78. The predicted molar refractivity (Wildman–Crippen MR) is 121 cm³/mol. The van der Waals surface area contributed by atoms with Gasteiger partial charge in [-0.25, -0.2) is 4.79 Å². The normalized spacial score (nSPS) is 21.2. The second-order valence-corrected chi connectivity index (χ2v) is 9.40. The third kappa shape index (κ3) is 4.99. The summed E-state index contributed by atoms with van der Waals surface area (Å²) in [6, 6.07) is 11.8. The van der Waals surface area contributed by atoms with Crippen molar-refractivity contribution < 1.29 is 27.6 Å². The first kappa shape index (κ1) is 23.6. The van der Waals surface area contributed by atoms with E-state index in [1.165, 1.54) is 12.1 Å². The van der Waals surface area contributed by atoms with E-state index in [1.54, 1.807) is 34.1 Å². The number of urea groups is 1. The summed E-state index contributed by atoms with van der Waals surface area (Å²) in [6.07, 6.45) is -4.44. The van der Waals surface area contributed by atoms with Crippen LogP contribution in [0.15, 0.2) is 53.1 Å². The van der Waals surface area contributed by atoms with Gasteiger partial charge in [0.05, 0.1) is 30.7 Å². The molecule has 1 N–H and O–H groups in total. The molecule has 7 nitrogen and oxygen atoms in total. The molecule has 1 aromatic heterocycles. The summed E-state index contributed by atoms with van der Waals surface area (Å²) < 4.78 is 44.6. The molecule has 2 amide bonds. The molecule has 184 valence electrons. The van der Waals surface area contributed by atoms with Gasteiger partial charge in [-0.2, -0.15) is 18.2 Å². The molecule has 2 fully saturated rings. The average Bonchev–Trinajstić information content (AvgIpc) is 3.31. The molecule has 3 aromatic rings. The molecule has 35 heavy (non-hydrogen) atoms. The van der Waals surface area contributed by atoms with E-state index in [2.05, 4.69) is 10.1 Å². The van der Waals surface area contributed by atoms with Crippen LogP contribution >= 0.6 is 11.6 Å². The molecule has 0 aliphatic carbocycles. The molecule has 2 unspecified atom stereocenters. The summed E-state index contributed by atoms with van der Waals surface area (Å²) >= 11 is 6.07. The van der Waals surface area contributed by atoms with Crippen molar-refractivity contribution in [2.45, 2.75) is 30.5 Å². The van der Waals surface area contributed by atoms with Gasteiger partial charge in [0.15, 0.2) is 0 Å². The van der Waals surface area contributed by atoms with E-state index >= 15 is 0 Å². The van der Waals surface area contributed by atoms with Gasteiger partial charge in [-0.15, -0.1) is 0 Å². The molecule has 0 radical (unpaired) electrons. The number of hydrogen-bond acceptors (Lipinski definition) is 5. The van der Waals surface area contributed by atoms with Gasteiger partial charge < -0.3 is 19.4 Å². The lowest BCUT2D eigenvalue weighted by molar-refractivity contribution is -0.137. The lowest BCUT2D eigenvalue weighted by atomic mass is 9.84. The van der Waals surface area contributed by atoms with Crippen LogP contribution in [0.3, 0.4) is 0 Å². The maximum atomic E-state index is 13.0. The Hall–Kier alpha value is -3.11. The maximum absolute atomic E-state index is 13.0. The molecule has 2 atom stereocenters. The van der Waals surface area contributed by atoms with Gasteiger partial charge in [0.1, 0.15) is 0 Å². The number of rotatable bonds is 3. The van der Waals surface area contributed by atoms with Crippen LogP contribution in [0.5, 0.6) is 0 Å². The molecular weight excluding hydrogens is 485 g/mol. The van der Waals surface area contributed by atoms with E-state index in [9.17, 15) is 23.1 Å². The summed E-state index contributed by atoms with van der Waals surface area (Å²) in [7, 11) is 0. The van der Waals surface area contributed by atoms with Crippen molar-refractivity contribution in [3.8, 4) is 11.4 Å². The quantitative estimate of drug-likeness (QED) is 0.553. The van der Waals surface area contributed by atoms with Crippen LogP contribution < -0.4 is 0 Å². The zero-order valence-electron chi connectivity index (χ0n) is 18.5. The highest BCUT2D eigenvalue weighted by molar-refractivity contribution is 6.30. The number of carbonyl (C=O) groups is 1. The van der Waals surface area contributed by atoms with Crippen molar-refractivity contribution in [3.05, 3.63) is 70.6 Å². The topological polar surface area (TPSA) is 82.7 Å². The number of β-amino-alcohol motifs (C(OH)–C–C–N with tert-alkyl or cyclic N) is 1.